The van der Waals surface area contributed by atoms with Gasteiger partial charge in [0.05, 0.1) is 6.61 Å². The highest BCUT2D eigenvalue weighted by molar-refractivity contribution is 5.80. The van der Waals surface area contributed by atoms with Crippen LogP contribution in [-0.2, 0) is 9.53 Å². The van der Waals surface area contributed by atoms with Gasteiger partial charge in [-0.3, -0.25) is 4.79 Å². The van der Waals surface area contributed by atoms with Gasteiger partial charge in [-0.2, -0.15) is 0 Å². The Kier molecular flexibility index (Phi) is 6.21. The molecule has 0 aromatic heterocycles. The van der Waals surface area contributed by atoms with Gasteiger partial charge in [0.25, 0.3) is 0 Å². The molecule has 0 fully saturated rings. The number of ether oxygens (including phenoxy) is 1. The van der Waals surface area contributed by atoms with E-state index in [4.69, 9.17) is 4.74 Å². The van der Waals surface area contributed by atoms with Crippen LogP contribution in [0.4, 0.5) is 0 Å². The van der Waals surface area contributed by atoms with E-state index in [1.165, 1.54) is 0 Å². The van der Waals surface area contributed by atoms with E-state index in [0.717, 1.165) is 19.4 Å². The molecule has 14 heavy (non-hydrogen) atoms. The maximum Gasteiger partial charge on any atom is 0.326 e. The molecular formula is C11H21NO2. The molecule has 82 valence electrons. The maximum absolute atomic E-state index is 11.6. The third-order valence-corrected chi connectivity index (χ3v) is 2.14. The lowest BCUT2D eigenvalue weighted by Gasteiger charge is -2.27. The van der Waals surface area contributed by atoms with E-state index in [2.05, 4.69) is 11.9 Å². The van der Waals surface area contributed by atoms with E-state index in [9.17, 15) is 4.79 Å². The van der Waals surface area contributed by atoms with E-state index < -0.39 is 5.54 Å². The van der Waals surface area contributed by atoms with Crippen molar-refractivity contribution in [2.24, 2.45) is 0 Å². The van der Waals surface area contributed by atoms with Crippen molar-refractivity contribution in [3.8, 4) is 0 Å². The first-order chi connectivity index (χ1) is 6.60. The lowest BCUT2D eigenvalue weighted by molar-refractivity contribution is -0.150. The van der Waals surface area contributed by atoms with E-state index in [0.29, 0.717) is 6.61 Å². The van der Waals surface area contributed by atoms with Crippen LogP contribution in [0, 0.1) is 0 Å². The first-order valence-electron chi connectivity index (χ1n) is 5.13. The average molecular weight is 199 g/mol. The van der Waals surface area contributed by atoms with Gasteiger partial charge in [-0.25, -0.2) is 0 Å². The van der Waals surface area contributed by atoms with Crippen molar-refractivity contribution in [3.63, 3.8) is 0 Å². The van der Waals surface area contributed by atoms with Crippen LogP contribution in [0.2, 0.25) is 0 Å². The Labute approximate surface area is 86.5 Å². The van der Waals surface area contributed by atoms with Crippen molar-refractivity contribution in [2.45, 2.75) is 39.2 Å². The summed E-state index contributed by atoms with van der Waals surface area (Å²) in [6, 6.07) is 0. The van der Waals surface area contributed by atoms with Gasteiger partial charge in [0.2, 0.25) is 0 Å². The number of nitrogens with one attached hydrogen (secondary N) is 1. The molecule has 0 spiro atoms. The Morgan fingerprint density at radius 2 is 2.21 bits per heavy atom. The minimum absolute atomic E-state index is 0.177. The molecule has 0 saturated heterocycles. The standard InChI is InChI=1S/C11H21NO2/c1-5-8-9-11(4,12-6-2)10(13)14-7-3/h5,12H,1,6-9H2,2-4H3. The fourth-order valence-corrected chi connectivity index (χ4v) is 1.33. The Bertz CT molecular complexity index is 192. The molecule has 0 aliphatic rings. The minimum atomic E-state index is -0.570. The molecule has 0 aromatic rings. The molecular weight excluding hydrogens is 178 g/mol. The summed E-state index contributed by atoms with van der Waals surface area (Å²) in [5.74, 6) is -0.177. The van der Waals surface area contributed by atoms with Crippen LogP contribution in [0.15, 0.2) is 12.7 Å². The van der Waals surface area contributed by atoms with Crippen LogP contribution in [0.5, 0.6) is 0 Å². The van der Waals surface area contributed by atoms with Crippen molar-refractivity contribution < 1.29 is 9.53 Å². The zero-order chi connectivity index (χ0) is 11.0. The van der Waals surface area contributed by atoms with Gasteiger partial charge in [-0.15, -0.1) is 6.58 Å². The average Bonchev–Trinajstić information content (AvgIpc) is 2.15. The van der Waals surface area contributed by atoms with Gasteiger partial charge in [0.15, 0.2) is 0 Å². The first kappa shape index (κ1) is 13.2. The predicted octanol–water partition coefficient (Wildman–Crippen LogP) is 1.88. The SMILES string of the molecule is C=CCCC(C)(NCC)C(=O)OCC. The molecule has 0 heterocycles. The fraction of sp³-hybridized carbons (Fsp3) is 0.727. The van der Waals surface area contributed by atoms with Gasteiger partial charge >= 0.3 is 5.97 Å². The molecule has 0 aromatic carbocycles. The Morgan fingerprint density at radius 1 is 1.57 bits per heavy atom. The van der Waals surface area contributed by atoms with Crippen LogP contribution in [-0.4, -0.2) is 24.7 Å². The van der Waals surface area contributed by atoms with Gasteiger partial charge in [-0.05, 0) is 33.2 Å². The van der Waals surface area contributed by atoms with Crippen molar-refractivity contribution in [1.82, 2.24) is 5.32 Å². The summed E-state index contributed by atoms with van der Waals surface area (Å²) in [7, 11) is 0. The zero-order valence-electron chi connectivity index (χ0n) is 9.43. The number of esters is 1. The summed E-state index contributed by atoms with van der Waals surface area (Å²) in [5.41, 5.74) is -0.570. The van der Waals surface area contributed by atoms with Crippen LogP contribution in [0.1, 0.15) is 33.6 Å². The lowest BCUT2D eigenvalue weighted by Crippen LogP contribution is -2.50. The number of hydrogen-bond acceptors (Lipinski definition) is 3. The predicted molar refractivity (Wildman–Crippen MR) is 58.1 cm³/mol. The van der Waals surface area contributed by atoms with E-state index in [1.54, 1.807) is 0 Å². The molecule has 0 rings (SSSR count). The molecule has 3 heteroatoms. The van der Waals surface area contributed by atoms with Crippen LogP contribution >= 0.6 is 0 Å². The molecule has 1 N–H and O–H groups in total. The van der Waals surface area contributed by atoms with E-state index in [-0.39, 0.29) is 5.97 Å². The van der Waals surface area contributed by atoms with Crippen molar-refractivity contribution in [3.05, 3.63) is 12.7 Å². The highest BCUT2D eigenvalue weighted by Gasteiger charge is 2.32. The Morgan fingerprint density at radius 3 is 2.64 bits per heavy atom. The zero-order valence-corrected chi connectivity index (χ0v) is 9.43. The van der Waals surface area contributed by atoms with Crippen LogP contribution < -0.4 is 5.32 Å². The molecule has 0 saturated carbocycles. The third-order valence-electron chi connectivity index (χ3n) is 2.14. The van der Waals surface area contributed by atoms with Crippen LogP contribution in [0.25, 0.3) is 0 Å². The molecule has 1 atom stereocenters. The quantitative estimate of drug-likeness (QED) is 0.502. The van der Waals surface area contributed by atoms with Gasteiger partial charge < -0.3 is 10.1 Å². The normalized spacial score (nSPS) is 14.5. The lowest BCUT2D eigenvalue weighted by atomic mass is 9.96. The molecule has 0 bridgehead atoms. The molecule has 1 unspecified atom stereocenters. The number of rotatable bonds is 7. The monoisotopic (exact) mass is 199 g/mol. The Hall–Kier alpha value is -0.830. The van der Waals surface area contributed by atoms with E-state index >= 15 is 0 Å². The summed E-state index contributed by atoms with van der Waals surface area (Å²) < 4.78 is 5.02. The highest BCUT2D eigenvalue weighted by Crippen LogP contribution is 2.14. The smallest absolute Gasteiger partial charge is 0.326 e. The molecule has 0 radical (unpaired) electrons. The highest BCUT2D eigenvalue weighted by atomic mass is 16.5. The second-order valence-corrected chi connectivity index (χ2v) is 3.41. The second kappa shape index (κ2) is 6.60. The number of carbonyl (C=O) groups is 1. The summed E-state index contributed by atoms with van der Waals surface area (Å²) in [5, 5.41) is 3.16. The number of likely N-dealkylation sites (N-methyl/N-ethyl adjacent to an activating group) is 1. The summed E-state index contributed by atoms with van der Waals surface area (Å²) in [4.78, 5) is 11.6. The number of carbonyl (C=O) groups excluding carboxylic acids is 1. The maximum atomic E-state index is 11.6. The van der Waals surface area contributed by atoms with Gasteiger partial charge in [0, 0.05) is 0 Å². The third kappa shape index (κ3) is 3.92. The fourth-order valence-electron chi connectivity index (χ4n) is 1.33. The minimum Gasteiger partial charge on any atom is -0.465 e. The summed E-state index contributed by atoms with van der Waals surface area (Å²) in [6.07, 6.45) is 3.35. The van der Waals surface area contributed by atoms with Crippen molar-refractivity contribution in [1.29, 1.82) is 0 Å². The van der Waals surface area contributed by atoms with Crippen molar-refractivity contribution in [2.75, 3.05) is 13.2 Å². The molecule has 0 aliphatic heterocycles. The molecule has 0 aliphatic carbocycles. The van der Waals surface area contributed by atoms with Crippen molar-refractivity contribution >= 4 is 5.97 Å². The van der Waals surface area contributed by atoms with Gasteiger partial charge in [0.1, 0.15) is 5.54 Å². The second-order valence-electron chi connectivity index (χ2n) is 3.41. The van der Waals surface area contributed by atoms with E-state index in [1.807, 2.05) is 26.8 Å². The molecule has 0 amide bonds. The summed E-state index contributed by atoms with van der Waals surface area (Å²) >= 11 is 0. The van der Waals surface area contributed by atoms with Crippen LogP contribution in [0.3, 0.4) is 0 Å². The largest absolute Gasteiger partial charge is 0.465 e. The van der Waals surface area contributed by atoms with Gasteiger partial charge in [-0.1, -0.05) is 13.0 Å². The number of hydrogen-bond donors (Lipinski definition) is 1. The summed E-state index contributed by atoms with van der Waals surface area (Å²) in [6.45, 7) is 10.5. The topological polar surface area (TPSA) is 38.3 Å². The Balaban J connectivity index is 4.34. The number of allylic oxidation sites excluding steroid dienone is 1. The first-order valence-corrected chi connectivity index (χ1v) is 5.13. The molecule has 3 nitrogen and oxygen atoms in total.